The van der Waals surface area contributed by atoms with Gasteiger partial charge in [0.1, 0.15) is 0 Å². The molecule has 0 amide bonds. The zero-order chi connectivity index (χ0) is 11.3. The predicted octanol–water partition coefficient (Wildman–Crippen LogP) is 2.71. The van der Waals surface area contributed by atoms with Crippen LogP contribution in [0.15, 0.2) is 0 Å². The van der Waals surface area contributed by atoms with E-state index >= 15 is 0 Å². The van der Waals surface area contributed by atoms with Crippen molar-refractivity contribution < 1.29 is 0 Å². The van der Waals surface area contributed by atoms with Crippen LogP contribution in [0.2, 0.25) is 0 Å². The minimum absolute atomic E-state index is 0.527. The van der Waals surface area contributed by atoms with E-state index in [2.05, 4.69) is 18.7 Å². The third kappa shape index (κ3) is 4.07. The molecule has 0 spiro atoms. The number of rotatable bonds is 5. The van der Waals surface area contributed by atoms with E-state index in [0.29, 0.717) is 11.0 Å². The summed E-state index contributed by atoms with van der Waals surface area (Å²) >= 11 is 5.00. The van der Waals surface area contributed by atoms with Crippen molar-refractivity contribution in [3.63, 3.8) is 0 Å². The zero-order valence-corrected chi connectivity index (χ0v) is 10.9. The van der Waals surface area contributed by atoms with Crippen LogP contribution in [0.25, 0.3) is 0 Å². The van der Waals surface area contributed by atoms with Crippen LogP contribution in [-0.2, 0) is 0 Å². The standard InChI is InChI=1S/C12H24N2S/c1-3-6-11-7-4-5-8-14(11)10(2)9-12(13)15/h10-11H,3-9H2,1-2H3,(H2,13,15). The molecule has 1 aliphatic rings. The number of nitrogens with zero attached hydrogens (tertiary/aromatic N) is 1. The first kappa shape index (κ1) is 12.9. The fourth-order valence-corrected chi connectivity index (χ4v) is 2.90. The van der Waals surface area contributed by atoms with Gasteiger partial charge in [-0.3, -0.25) is 4.90 Å². The van der Waals surface area contributed by atoms with Crippen LogP contribution in [0.4, 0.5) is 0 Å². The molecule has 0 aromatic carbocycles. The molecule has 0 aromatic rings. The summed E-state index contributed by atoms with van der Waals surface area (Å²) in [6.45, 7) is 5.76. The van der Waals surface area contributed by atoms with Crippen molar-refractivity contribution in [1.82, 2.24) is 4.90 Å². The van der Waals surface area contributed by atoms with Crippen molar-refractivity contribution in [1.29, 1.82) is 0 Å². The van der Waals surface area contributed by atoms with Crippen LogP contribution in [0, 0.1) is 0 Å². The molecular weight excluding hydrogens is 204 g/mol. The van der Waals surface area contributed by atoms with Crippen molar-refractivity contribution >= 4 is 17.2 Å². The van der Waals surface area contributed by atoms with E-state index in [-0.39, 0.29) is 0 Å². The lowest BCUT2D eigenvalue weighted by molar-refractivity contribution is 0.0996. The summed E-state index contributed by atoms with van der Waals surface area (Å²) in [6, 6.07) is 1.30. The number of hydrogen-bond donors (Lipinski definition) is 1. The minimum Gasteiger partial charge on any atom is -0.393 e. The van der Waals surface area contributed by atoms with E-state index in [1.54, 1.807) is 0 Å². The summed E-state index contributed by atoms with van der Waals surface area (Å²) in [6.07, 6.45) is 7.55. The van der Waals surface area contributed by atoms with Crippen LogP contribution in [-0.4, -0.2) is 28.5 Å². The SMILES string of the molecule is CCCC1CCCCN1C(C)CC(N)=S. The second kappa shape index (κ2) is 6.44. The normalized spacial score (nSPS) is 25.1. The third-order valence-electron chi connectivity index (χ3n) is 3.36. The van der Waals surface area contributed by atoms with E-state index in [9.17, 15) is 0 Å². The maximum absolute atomic E-state index is 5.62. The van der Waals surface area contributed by atoms with Crippen molar-refractivity contribution in [3.8, 4) is 0 Å². The van der Waals surface area contributed by atoms with Crippen molar-refractivity contribution in [3.05, 3.63) is 0 Å². The topological polar surface area (TPSA) is 29.3 Å². The molecule has 15 heavy (non-hydrogen) atoms. The molecule has 2 N–H and O–H groups in total. The van der Waals surface area contributed by atoms with Crippen LogP contribution in [0.1, 0.15) is 52.4 Å². The maximum Gasteiger partial charge on any atom is 0.0742 e. The third-order valence-corrected chi connectivity index (χ3v) is 3.52. The van der Waals surface area contributed by atoms with Gasteiger partial charge in [-0.1, -0.05) is 32.0 Å². The van der Waals surface area contributed by atoms with E-state index in [1.807, 2.05) is 0 Å². The van der Waals surface area contributed by atoms with Gasteiger partial charge in [0.25, 0.3) is 0 Å². The minimum atomic E-state index is 0.527. The molecule has 88 valence electrons. The first-order valence-corrected chi connectivity index (χ1v) is 6.60. The van der Waals surface area contributed by atoms with Crippen LogP contribution in [0.5, 0.6) is 0 Å². The summed E-state index contributed by atoms with van der Waals surface area (Å²) in [7, 11) is 0. The monoisotopic (exact) mass is 228 g/mol. The van der Waals surface area contributed by atoms with E-state index in [1.165, 1.54) is 38.6 Å². The molecule has 0 aromatic heterocycles. The molecule has 0 radical (unpaired) electrons. The summed E-state index contributed by atoms with van der Waals surface area (Å²) < 4.78 is 0. The van der Waals surface area contributed by atoms with E-state index in [4.69, 9.17) is 18.0 Å². The highest BCUT2D eigenvalue weighted by molar-refractivity contribution is 7.80. The molecule has 0 saturated carbocycles. The highest BCUT2D eigenvalue weighted by Gasteiger charge is 2.25. The first-order chi connectivity index (χ1) is 7.15. The van der Waals surface area contributed by atoms with Crippen molar-refractivity contribution in [2.45, 2.75) is 64.5 Å². The number of thiocarbonyl (C=S) groups is 1. The Kier molecular flexibility index (Phi) is 5.54. The molecule has 1 rings (SSSR count). The molecule has 1 fully saturated rings. The average molecular weight is 228 g/mol. The Bertz CT molecular complexity index is 204. The summed E-state index contributed by atoms with van der Waals surface area (Å²) in [5.41, 5.74) is 5.62. The number of hydrogen-bond acceptors (Lipinski definition) is 2. The summed E-state index contributed by atoms with van der Waals surface area (Å²) in [5.74, 6) is 0. The van der Waals surface area contributed by atoms with Crippen LogP contribution >= 0.6 is 12.2 Å². The predicted molar refractivity (Wildman–Crippen MR) is 70.1 cm³/mol. The molecule has 2 unspecified atom stereocenters. The molecular formula is C12H24N2S. The fraction of sp³-hybridized carbons (Fsp3) is 0.917. The van der Waals surface area contributed by atoms with Gasteiger partial charge in [0.05, 0.1) is 4.99 Å². The Morgan fingerprint density at radius 2 is 2.27 bits per heavy atom. The first-order valence-electron chi connectivity index (χ1n) is 6.19. The van der Waals surface area contributed by atoms with Crippen molar-refractivity contribution in [2.24, 2.45) is 5.73 Å². The molecule has 1 saturated heterocycles. The van der Waals surface area contributed by atoms with Gasteiger partial charge < -0.3 is 5.73 Å². The Hall–Kier alpha value is -0.150. The summed E-state index contributed by atoms with van der Waals surface area (Å²) in [5, 5.41) is 0. The number of piperidine rings is 1. The number of nitrogens with two attached hydrogens (primary N) is 1. The van der Waals surface area contributed by atoms with Gasteiger partial charge in [-0.2, -0.15) is 0 Å². The summed E-state index contributed by atoms with van der Waals surface area (Å²) in [4.78, 5) is 3.27. The van der Waals surface area contributed by atoms with Gasteiger partial charge in [0, 0.05) is 18.5 Å². The quantitative estimate of drug-likeness (QED) is 0.734. The lowest BCUT2D eigenvalue weighted by atomic mass is 9.96. The molecule has 2 nitrogen and oxygen atoms in total. The maximum atomic E-state index is 5.62. The molecule has 2 atom stereocenters. The largest absolute Gasteiger partial charge is 0.393 e. The van der Waals surface area contributed by atoms with Gasteiger partial charge in [-0.25, -0.2) is 0 Å². The van der Waals surface area contributed by atoms with Gasteiger partial charge in [0.15, 0.2) is 0 Å². The lowest BCUT2D eigenvalue weighted by Crippen LogP contribution is -2.46. The van der Waals surface area contributed by atoms with Gasteiger partial charge in [0.2, 0.25) is 0 Å². The molecule has 3 heteroatoms. The Labute approximate surface area is 99.2 Å². The zero-order valence-electron chi connectivity index (χ0n) is 10.0. The van der Waals surface area contributed by atoms with Gasteiger partial charge >= 0.3 is 0 Å². The highest BCUT2D eigenvalue weighted by atomic mass is 32.1. The Morgan fingerprint density at radius 3 is 2.87 bits per heavy atom. The molecule has 0 aliphatic carbocycles. The average Bonchev–Trinajstić information content (AvgIpc) is 2.18. The second-order valence-corrected chi connectivity index (χ2v) is 5.22. The molecule has 1 aliphatic heterocycles. The van der Waals surface area contributed by atoms with Crippen LogP contribution in [0.3, 0.4) is 0 Å². The lowest BCUT2D eigenvalue weighted by Gasteiger charge is -2.40. The molecule has 1 heterocycles. The Balaban J connectivity index is 2.50. The Morgan fingerprint density at radius 1 is 1.53 bits per heavy atom. The van der Waals surface area contributed by atoms with E-state index in [0.717, 1.165) is 12.5 Å². The van der Waals surface area contributed by atoms with Gasteiger partial charge in [-0.15, -0.1) is 0 Å². The molecule has 0 bridgehead atoms. The van der Waals surface area contributed by atoms with Gasteiger partial charge in [-0.05, 0) is 32.7 Å². The van der Waals surface area contributed by atoms with Crippen molar-refractivity contribution in [2.75, 3.05) is 6.54 Å². The second-order valence-electron chi connectivity index (χ2n) is 4.70. The fourth-order valence-electron chi connectivity index (χ4n) is 2.65. The highest BCUT2D eigenvalue weighted by Crippen LogP contribution is 2.23. The van der Waals surface area contributed by atoms with Crippen LogP contribution < -0.4 is 5.73 Å². The number of likely N-dealkylation sites (tertiary alicyclic amines) is 1. The van der Waals surface area contributed by atoms with E-state index < -0.39 is 0 Å². The smallest absolute Gasteiger partial charge is 0.0742 e.